The molecule has 0 saturated carbocycles. The fourth-order valence-electron chi connectivity index (χ4n) is 3.30. The van der Waals surface area contributed by atoms with E-state index in [-0.39, 0.29) is 5.43 Å². The summed E-state index contributed by atoms with van der Waals surface area (Å²) in [6.45, 7) is 6.46. The second-order valence-electron chi connectivity index (χ2n) is 7.32. The van der Waals surface area contributed by atoms with Gasteiger partial charge in [-0.25, -0.2) is 0 Å². The number of aryl methyl sites for hydroxylation is 1. The van der Waals surface area contributed by atoms with Gasteiger partial charge in [-0.15, -0.1) is 46.2 Å². The van der Waals surface area contributed by atoms with Crippen molar-refractivity contribution in [2.24, 2.45) is 0 Å². The van der Waals surface area contributed by atoms with Crippen LogP contribution in [0.25, 0.3) is 21.9 Å². The molecule has 0 bridgehead atoms. The predicted octanol–water partition coefficient (Wildman–Crippen LogP) is 8.09. The van der Waals surface area contributed by atoms with Crippen LogP contribution >= 0.6 is 17.0 Å². The maximum Gasteiger partial charge on any atom is -0.0253 e. The van der Waals surface area contributed by atoms with Crippen LogP contribution in [0, 0.1) is 13.0 Å². The molecule has 0 atom stereocenters. The van der Waals surface area contributed by atoms with E-state index in [2.05, 4.69) is 98.9 Å². The molecule has 0 aliphatic heterocycles. The zero-order valence-corrected chi connectivity index (χ0v) is 21.9. The molecule has 0 nitrogen and oxygen atoms in total. The molecule has 1 aliphatic rings. The van der Waals surface area contributed by atoms with Gasteiger partial charge in [-0.2, -0.15) is 35.9 Å². The average molecular weight is 515 g/mol. The number of hydrogen-bond acceptors (Lipinski definition) is 0. The Bertz CT molecular complexity index is 1050. The van der Waals surface area contributed by atoms with Gasteiger partial charge >= 0.3 is 53.5 Å². The van der Waals surface area contributed by atoms with Gasteiger partial charge in [-0.3, -0.25) is 0 Å². The standard InChI is InChI=1S/C13H9.C10H9.C2H6Si.2ClH.Zr/c1-3-7-12-10(5-1)9-11-6-2-4-8-13(11)12;1-8-6-9-4-2-3-5-10(9)7-8;1-3-2;;;/h1-5,7-8H,9H2;2-7H,1H3;1-2H3;2*1H;/q2*-1;;;;+2/p-2. The van der Waals surface area contributed by atoms with Gasteiger partial charge in [0.05, 0.1) is 0 Å². The van der Waals surface area contributed by atoms with Gasteiger partial charge in [0.15, 0.2) is 0 Å². The summed E-state index contributed by atoms with van der Waals surface area (Å²) in [5, 5.41) is 2.69. The maximum atomic E-state index is 5.62. The monoisotopic (exact) mass is 512 g/mol. The normalized spacial score (nSPS) is 10.8. The summed E-state index contributed by atoms with van der Waals surface area (Å²) < 4.78 is 0. The first-order valence-corrected chi connectivity index (χ1v) is 22.2. The second-order valence-corrected chi connectivity index (χ2v) is 30.3. The van der Waals surface area contributed by atoms with Crippen LogP contribution in [0.2, 0.25) is 13.1 Å². The van der Waals surface area contributed by atoms with Crippen LogP contribution in [0.3, 0.4) is 0 Å². The predicted molar refractivity (Wildman–Crippen MR) is 127 cm³/mol. The van der Waals surface area contributed by atoms with Crippen molar-refractivity contribution in [1.82, 2.24) is 0 Å². The molecule has 0 heterocycles. The van der Waals surface area contributed by atoms with Crippen molar-refractivity contribution < 1.29 is 18.0 Å². The molecule has 5 rings (SSSR count). The van der Waals surface area contributed by atoms with Gasteiger partial charge in [-0.1, -0.05) is 48.4 Å². The van der Waals surface area contributed by atoms with Crippen LogP contribution in [0.1, 0.15) is 16.7 Å². The van der Waals surface area contributed by atoms with E-state index in [1.807, 2.05) is 6.07 Å². The van der Waals surface area contributed by atoms with Gasteiger partial charge in [0.25, 0.3) is 0 Å². The molecule has 1 aliphatic carbocycles. The molecule has 4 heteroatoms. The van der Waals surface area contributed by atoms with Crippen LogP contribution in [-0.4, -0.2) is 5.43 Å². The van der Waals surface area contributed by atoms with E-state index in [0.29, 0.717) is 0 Å². The van der Waals surface area contributed by atoms with Gasteiger partial charge in [0, 0.05) is 0 Å². The number of halogens is 2. The summed E-state index contributed by atoms with van der Waals surface area (Å²) in [4.78, 5) is 0. The van der Waals surface area contributed by atoms with E-state index in [0.717, 1.165) is 6.42 Å². The van der Waals surface area contributed by atoms with E-state index in [9.17, 15) is 0 Å². The van der Waals surface area contributed by atoms with Crippen molar-refractivity contribution in [1.29, 1.82) is 0 Å². The smallest absolute Gasteiger partial charge is 0.0253 e. The minimum absolute atomic E-state index is 0.224. The average Bonchev–Trinajstić information content (AvgIpc) is 3.28. The molecule has 0 unspecified atom stereocenters. The Morgan fingerprint density at radius 3 is 2.31 bits per heavy atom. The van der Waals surface area contributed by atoms with E-state index in [4.69, 9.17) is 17.0 Å². The molecule has 148 valence electrons. The largest absolute Gasteiger partial charge is 0.179 e. The molecule has 0 saturated heterocycles. The Hall–Kier alpha value is -1.05. The summed E-state index contributed by atoms with van der Waals surface area (Å²) in [5.74, 6) is 0. The number of benzene rings is 3. The fraction of sp³-hybridized carbons (Fsp3) is 0.160. The Balaban J connectivity index is 0.000000134. The Kier molecular flexibility index (Phi) is 8.45. The quantitative estimate of drug-likeness (QED) is 0.145. The van der Waals surface area contributed by atoms with Crippen LogP contribution in [0.5, 0.6) is 0 Å². The van der Waals surface area contributed by atoms with Crippen molar-refractivity contribution in [2.45, 2.75) is 26.4 Å². The van der Waals surface area contributed by atoms with E-state index < -0.39 is 18.0 Å². The minimum atomic E-state index is -1.65. The SMILES string of the molecule is C[Si](C)=[Zr]([Cl])[Cl].Cc1cc2ccccc2[cH-]1.[c-]1cccc2c1Cc1ccccc1-2. The number of fused-ring (bicyclic) bond motifs is 4. The summed E-state index contributed by atoms with van der Waals surface area (Å²) in [5.41, 5.74) is 6.63. The molecule has 4 aromatic carbocycles. The molecule has 29 heavy (non-hydrogen) atoms. The molecule has 4 aromatic rings. The molecule has 0 spiro atoms. The van der Waals surface area contributed by atoms with Crippen molar-refractivity contribution in [3.63, 3.8) is 0 Å². The van der Waals surface area contributed by atoms with Crippen molar-refractivity contribution in [2.75, 3.05) is 0 Å². The van der Waals surface area contributed by atoms with Gasteiger partial charge in [-0.05, 0) is 6.42 Å². The topological polar surface area (TPSA) is 0 Å². The molecular formula is C25H24Cl2SiZr-2. The molecule has 0 radical (unpaired) electrons. The Morgan fingerprint density at radius 1 is 0.931 bits per heavy atom. The Labute approximate surface area is 189 Å². The molecule has 0 fully saturated rings. The van der Waals surface area contributed by atoms with E-state index >= 15 is 0 Å². The first-order valence-electron chi connectivity index (χ1n) is 9.64. The van der Waals surface area contributed by atoms with Crippen molar-refractivity contribution in [3.8, 4) is 11.1 Å². The number of rotatable bonds is 0. The summed E-state index contributed by atoms with van der Waals surface area (Å²) >= 11 is -1.65. The zero-order chi connectivity index (χ0) is 20.8. The first-order chi connectivity index (χ1) is 14.0. The fourth-order valence-corrected chi connectivity index (χ4v) is 3.30. The summed E-state index contributed by atoms with van der Waals surface area (Å²) in [6, 6.07) is 30.9. The third kappa shape index (κ3) is 6.22. The zero-order valence-electron chi connectivity index (χ0n) is 17.0. The van der Waals surface area contributed by atoms with Crippen LogP contribution in [0.15, 0.2) is 78.9 Å². The van der Waals surface area contributed by atoms with Gasteiger partial charge in [0.1, 0.15) is 0 Å². The third-order valence-corrected chi connectivity index (χ3v) is 24.5. The number of hydrogen-bond donors (Lipinski definition) is 0. The third-order valence-electron chi connectivity index (χ3n) is 4.76. The van der Waals surface area contributed by atoms with Crippen molar-refractivity contribution >= 4 is 33.2 Å². The maximum absolute atomic E-state index is 5.62. The van der Waals surface area contributed by atoms with Crippen LogP contribution in [0.4, 0.5) is 0 Å². The molecule has 0 amide bonds. The molecule has 0 aromatic heterocycles. The molecular weight excluding hydrogens is 490 g/mol. The first kappa shape index (κ1) is 22.6. The van der Waals surface area contributed by atoms with Gasteiger partial charge < -0.3 is 0 Å². The van der Waals surface area contributed by atoms with Gasteiger partial charge in [0.2, 0.25) is 0 Å². The second kappa shape index (κ2) is 10.8. The summed E-state index contributed by atoms with van der Waals surface area (Å²) in [7, 11) is 11.2. The van der Waals surface area contributed by atoms with Crippen LogP contribution in [-0.2, 0) is 24.4 Å². The molecule has 0 N–H and O–H groups in total. The van der Waals surface area contributed by atoms with Crippen LogP contribution < -0.4 is 0 Å². The van der Waals surface area contributed by atoms with E-state index in [1.54, 1.807) is 0 Å². The van der Waals surface area contributed by atoms with E-state index in [1.165, 1.54) is 38.6 Å². The minimum Gasteiger partial charge on any atom is -0.179 e. The van der Waals surface area contributed by atoms with Crippen molar-refractivity contribution in [3.05, 3.63) is 102 Å². The Morgan fingerprint density at radius 2 is 1.59 bits per heavy atom. The summed E-state index contributed by atoms with van der Waals surface area (Å²) in [6.07, 6.45) is 1.05.